The van der Waals surface area contributed by atoms with Crippen LogP contribution in [0, 0.1) is 37.9 Å². The molecule has 0 saturated heterocycles. The smallest absolute Gasteiger partial charge is 0.0344 e. The number of hydrogen-bond acceptors (Lipinski definition) is 0. The minimum Gasteiger partial charge on any atom is -0.0602 e. The van der Waals surface area contributed by atoms with Gasteiger partial charge >= 0.3 is 0 Å². The molecule has 0 bridgehead atoms. The molecule has 0 fully saturated rings. The Morgan fingerprint density at radius 3 is 0.500 bits per heavy atom. The largest absolute Gasteiger partial charge is 0.0602 e. The van der Waals surface area contributed by atoms with Gasteiger partial charge in [-0.15, -0.1) is 0 Å². The van der Waals surface area contributed by atoms with Crippen molar-refractivity contribution in [3.63, 3.8) is 0 Å². The van der Waals surface area contributed by atoms with Crippen molar-refractivity contribution in [2.24, 2.45) is 37.9 Å². The second kappa shape index (κ2) is 10.3. The van der Waals surface area contributed by atoms with Crippen molar-refractivity contribution >= 4 is 0 Å². The van der Waals surface area contributed by atoms with E-state index in [-0.39, 0.29) is 0 Å². The fourth-order valence-electron chi connectivity index (χ4n) is 7.23. The lowest BCUT2D eigenvalue weighted by molar-refractivity contribution is 0.0997. The van der Waals surface area contributed by atoms with Crippen LogP contribution in [0.1, 0.15) is 157 Å². The van der Waals surface area contributed by atoms with Gasteiger partial charge in [-0.3, -0.25) is 0 Å². The van der Waals surface area contributed by atoms with Gasteiger partial charge in [0.05, 0.1) is 0 Å². The normalized spacial score (nSPS) is 15.0. The molecule has 184 valence electrons. The fourth-order valence-corrected chi connectivity index (χ4v) is 7.23. The molecule has 0 aliphatic carbocycles. The molecule has 0 nitrogen and oxygen atoms in total. The van der Waals surface area contributed by atoms with Crippen molar-refractivity contribution < 1.29 is 0 Å². The van der Waals surface area contributed by atoms with Crippen LogP contribution in [-0.2, 0) is 0 Å². The Kier molecular flexibility index (Phi) is 11.0. The van der Waals surface area contributed by atoms with E-state index in [1.54, 1.807) is 0 Å². The second-order valence-electron chi connectivity index (χ2n) is 17.6. The standard InChI is InChI=1S/C17H36.C13H28/c1-14(2,3)11-16(7,8)13-17(9,10)12-15(4,5)6;1-11(2,3)9-13(7,8)10-12(4,5)6/h11-13H2,1-10H3;9-10H2,1-8H3. The first kappa shape index (κ1) is 32.2. The lowest BCUT2D eigenvalue weighted by atomic mass is 9.64. The van der Waals surface area contributed by atoms with E-state index < -0.39 is 0 Å². The molecule has 0 aromatic rings. The first-order valence-electron chi connectivity index (χ1n) is 12.5. The van der Waals surface area contributed by atoms with Gasteiger partial charge in [0.25, 0.3) is 0 Å². The molecule has 30 heavy (non-hydrogen) atoms. The summed E-state index contributed by atoms with van der Waals surface area (Å²) < 4.78 is 0. The quantitative estimate of drug-likeness (QED) is 0.397. The molecule has 0 aliphatic rings. The van der Waals surface area contributed by atoms with E-state index >= 15 is 0 Å². The van der Waals surface area contributed by atoms with Crippen LogP contribution >= 0.6 is 0 Å². The van der Waals surface area contributed by atoms with E-state index in [0.29, 0.717) is 37.9 Å². The van der Waals surface area contributed by atoms with E-state index in [9.17, 15) is 0 Å². The second-order valence-corrected chi connectivity index (χ2v) is 17.6. The average molecular weight is 425 g/mol. The highest BCUT2D eigenvalue weighted by atomic mass is 14.4. The van der Waals surface area contributed by atoms with Crippen molar-refractivity contribution in [2.75, 3.05) is 0 Å². The van der Waals surface area contributed by atoms with E-state index in [1.165, 1.54) is 32.1 Å². The third kappa shape index (κ3) is 22.7. The first-order chi connectivity index (χ1) is 12.5. The van der Waals surface area contributed by atoms with Gasteiger partial charge < -0.3 is 0 Å². The van der Waals surface area contributed by atoms with Crippen molar-refractivity contribution in [1.82, 2.24) is 0 Å². The fraction of sp³-hybridized carbons (Fsp3) is 1.00. The minimum atomic E-state index is 0.432. The zero-order valence-corrected chi connectivity index (χ0v) is 25.0. The van der Waals surface area contributed by atoms with Gasteiger partial charge in [0.15, 0.2) is 0 Å². The summed E-state index contributed by atoms with van der Waals surface area (Å²) in [6, 6.07) is 0. The van der Waals surface area contributed by atoms with Crippen LogP contribution in [0.2, 0.25) is 0 Å². The van der Waals surface area contributed by atoms with Crippen LogP contribution in [0.3, 0.4) is 0 Å². The average Bonchev–Trinajstić information content (AvgIpc) is 2.09. The Labute approximate surface area is 194 Å². The van der Waals surface area contributed by atoms with Gasteiger partial charge in [-0.05, 0) is 70.0 Å². The van der Waals surface area contributed by atoms with Crippen molar-refractivity contribution in [1.29, 1.82) is 0 Å². The molecule has 0 heterocycles. The summed E-state index contributed by atoms with van der Waals surface area (Å²) in [6.45, 7) is 42.6. The van der Waals surface area contributed by atoms with E-state index in [1.807, 2.05) is 0 Å². The Bertz CT molecular complexity index is 428. The monoisotopic (exact) mass is 425 g/mol. The van der Waals surface area contributed by atoms with Crippen LogP contribution in [0.15, 0.2) is 0 Å². The van der Waals surface area contributed by atoms with E-state index in [0.717, 1.165) is 0 Å². The lowest BCUT2D eigenvalue weighted by Crippen LogP contribution is -2.30. The zero-order valence-electron chi connectivity index (χ0n) is 25.0. The summed E-state index contributed by atoms with van der Waals surface area (Å²) in [5.41, 5.74) is 3.11. The lowest BCUT2D eigenvalue weighted by Gasteiger charge is -2.41. The Hall–Kier alpha value is 0. The van der Waals surface area contributed by atoms with Gasteiger partial charge in [-0.1, -0.05) is 125 Å². The molecule has 0 atom stereocenters. The maximum atomic E-state index is 2.43. The molecule has 0 aliphatic heterocycles. The van der Waals surface area contributed by atoms with Crippen molar-refractivity contribution in [2.45, 2.75) is 157 Å². The predicted molar refractivity (Wildman–Crippen MR) is 142 cm³/mol. The maximum Gasteiger partial charge on any atom is -0.0344 e. The van der Waals surface area contributed by atoms with Crippen LogP contribution in [-0.4, -0.2) is 0 Å². The number of rotatable bonds is 6. The molecular formula is C30H64. The van der Waals surface area contributed by atoms with Crippen molar-refractivity contribution in [3.8, 4) is 0 Å². The molecule has 0 aromatic heterocycles. The molecule has 0 unspecified atom stereocenters. The highest BCUT2D eigenvalue weighted by Gasteiger charge is 2.34. The molecule has 0 aromatic carbocycles. The summed E-state index contributed by atoms with van der Waals surface area (Å²) in [5.74, 6) is 0. The summed E-state index contributed by atoms with van der Waals surface area (Å²) in [6.07, 6.45) is 6.52. The Balaban J connectivity index is 0. The predicted octanol–water partition coefficient (Wildman–Crippen LogP) is 11.2. The molecule has 0 spiro atoms. The van der Waals surface area contributed by atoms with Crippen LogP contribution in [0.5, 0.6) is 0 Å². The molecule has 0 heteroatoms. The van der Waals surface area contributed by atoms with Gasteiger partial charge in [-0.25, -0.2) is 0 Å². The van der Waals surface area contributed by atoms with Gasteiger partial charge in [-0.2, -0.15) is 0 Å². The Morgan fingerprint density at radius 2 is 0.367 bits per heavy atom. The molecule has 0 rings (SSSR count). The minimum absolute atomic E-state index is 0.432. The highest BCUT2D eigenvalue weighted by Crippen LogP contribution is 2.46. The van der Waals surface area contributed by atoms with Crippen LogP contribution in [0.25, 0.3) is 0 Å². The maximum absolute atomic E-state index is 2.43. The summed E-state index contributed by atoms with van der Waals surface area (Å²) in [7, 11) is 0. The SMILES string of the molecule is CC(C)(C)CC(C)(C)CC(C)(C)C.CC(C)(C)CC(C)(C)CC(C)(C)CC(C)(C)C. The molecule has 0 amide bonds. The summed E-state index contributed by atoms with van der Waals surface area (Å²) in [5, 5.41) is 0. The van der Waals surface area contributed by atoms with Gasteiger partial charge in [0.2, 0.25) is 0 Å². The van der Waals surface area contributed by atoms with Gasteiger partial charge in [0, 0.05) is 0 Å². The Morgan fingerprint density at radius 1 is 0.233 bits per heavy atom. The topological polar surface area (TPSA) is 0 Å². The molecule has 0 radical (unpaired) electrons. The third-order valence-corrected chi connectivity index (χ3v) is 4.99. The van der Waals surface area contributed by atoms with E-state index in [2.05, 4.69) is 125 Å². The summed E-state index contributed by atoms with van der Waals surface area (Å²) >= 11 is 0. The number of hydrogen-bond donors (Lipinski definition) is 0. The first-order valence-corrected chi connectivity index (χ1v) is 12.5. The molecular weight excluding hydrogens is 360 g/mol. The van der Waals surface area contributed by atoms with Gasteiger partial charge in [0.1, 0.15) is 0 Å². The zero-order chi connectivity index (χ0) is 25.0. The molecule has 0 N–H and O–H groups in total. The van der Waals surface area contributed by atoms with E-state index in [4.69, 9.17) is 0 Å². The highest BCUT2D eigenvalue weighted by molar-refractivity contribution is 4.85. The molecule has 0 saturated carbocycles. The van der Waals surface area contributed by atoms with Crippen LogP contribution < -0.4 is 0 Å². The van der Waals surface area contributed by atoms with Crippen molar-refractivity contribution in [3.05, 3.63) is 0 Å². The third-order valence-electron chi connectivity index (χ3n) is 4.99. The van der Waals surface area contributed by atoms with Crippen LogP contribution in [0.4, 0.5) is 0 Å². The summed E-state index contributed by atoms with van der Waals surface area (Å²) in [4.78, 5) is 0.